The van der Waals surface area contributed by atoms with Crippen molar-refractivity contribution in [2.24, 2.45) is 16.7 Å². The molecule has 19 heavy (non-hydrogen) atoms. The van der Waals surface area contributed by atoms with Crippen LogP contribution >= 0.6 is 0 Å². The van der Waals surface area contributed by atoms with E-state index >= 15 is 0 Å². The minimum atomic E-state index is 0.212. The van der Waals surface area contributed by atoms with Crippen LogP contribution in [0, 0.1) is 16.7 Å². The highest BCUT2D eigenvalue weighted by Crippen LogP contribution is 2.69. The normalized spacial score (nSPS) is 47.6. The molecule has 0 spiro atoms. The Hall–Kier alpha value is -1.12. The first-order chi connectivity index (χ1) is 8.94. The van der Waals surface area contributed by atoms with Gasteiger partial charge in [0, 0.05) is 5.41 Å². The Labute approximate surface area is 114 Å². The quantitative estimate of drug-likeness (QED) is 0.826. The minimum Gasteiger partial charge on any atom is -0.339 e. The third kappa shape index (κ3) is 1.56. The Morgan fingerprint density at radius 3 is 2.42 bits per heavy atom. The second-order valence-electron chi connectivity index (χ2n) is 8.22. The number of hydrogen-bond donors (Lipinski definition) is 1. The van der Waals surface area contributed by atoms with E-state index in [0.29, 0.717) is 16.5 Å². The number of rotatable bonds is 2. The van der Waals surface area contributed by atoms with Gasteiger partial charge in [-0.1, -0.05) is 13.8 Å². The summed E-state index contributed by atoms with van der Waals surface area (Å²) in [7, 11) is 0. The lowest BCUT2D eigenvalue weighted by Gasteiger charge is -2.64. The van der Waals surface area contributed by atoms with Crippen molar-refractivity contribution < 1.29 is 4.79 Å². The first-order valence-electron chi connectivity index (χ1n) is 7.45. The maximum atomic E-state index is 10.9. The molecule has 0 saturated heterocycles. The molecule has 1 N–H and O–H groups in total. The summed E-state index contributed by atoms with van der Waals surface area (Å²) in [5, 5.41) is 0. The fourth-order valence-electron chi connectivity index (χ4n) is 6.38. The van der Waals surface area contributed by atoms with Gasteiger partial charge in [-0.2, -0.15) is 0 Å². The van der Waals surface area contributed by atoms with E-state index in [-0.39, 0.29) is 5.41 Å². The number of hydrogen-bond acceptors (Lipinski definition) is 2. The standard InChI is InChI=1S/C16H22N2O/c1-14-3-11-4-15(2,8-14)10-16(5-11,9-14)13-17-6-12(7-19)18-13/h6-7,11H,3-5,8-10H2,1-2H3,(H,17,18). The Morgan fingerprint density at radius 1 is 1.21 bits per heavy atom. The van der Waals surface area contributed by atoms with E-state index in [1.165, 1.54) is 38.5 Å². The first kappa shape index (κ1) is 11.7. The molecule has 3 nitrogen and oxygen atoms in total. The lowest BCUT2D eigenvalue weighted by atomic mass is 9.40. The molecule has 2 atom stereocenters. The topological polar surface area (TPSA) is 45.8 Å². The SMILES string of the molecule is CC12CC3CC(C)(C1)CC(c1ncc(C=O)[nH]1)(C3)C2. The van der Waals surface area contributed by atoms with Crippen LogP contribution in [0.4, 0.5) is 0 Å². The predicted octanol–water partition coefficient (Wildman–Crippen LogP) is 3.47. The lowest BCUT2D eigenvalue weighted by molar-refractivity contribution is -0.112. The van der Waals surface area contributed by atoms with Crippen molar-refractivity contribution in [3.05, 3.63) is 17.7 Å². The van der Waals surface area contributed by atoms with Gasteiger partial charge in [-0.3, -0.25) is 4.79 Å². The minimum absolute atomic E-state index is 0.212. The molecule has 1 heterocycles. The average Bonchev–Trinajstić information content (AvgIpc) is 2.72. The maximum Gasteiger partial charge on any atom is 0.167 e. The Kier molecular flexibility index (Phi) is 2.03. The number of carbonyl (C=O) groups is 1. The van der Waals surface area contributed by atoms with Gasteiger partial charge in [0.15, 0.2) is 6.29 Å². The van der Waals surface area contributed by atoms with E-state index in [2.05, 4.69) is 23.8 Å². The summed E-state index contributed by atoms with van der Waals surface area (Å²) in [5.41, 5.74) is 1.82. The van der Waals surface area contributed by atoms with Crippen molar-refractivity contribution in [3.8, 4) is 0 Å². The Bertz CT molecular complexity index is 529. The van der Waals surface area contributed by atoms with Gasteiger partial charge in [0.1, 0.15) is 5.82 Å². The van der Waals surface area contributed by atoms with E-state index in [9.17, 15) is 4.79 Å². The predicted molar refractivity (Wildman–Crippen MR) is 73.1 cm³/mol. The van der Waals surface area contributed by atoms with Crippen molar-refractivity contribution in [3.63, 3.8) is 0 Å². The zero-order chi connectivity index (χ0) is 13.3. The summed E-state index contributed by atoms with van der Waals surface area (Å²) in [6.45, 7) is 4.93. The van der Waals surface area contributed by atoms with Crippen molar-refractivity contribution >= 4 is 6.29 Å². The average molecular weight is 258 g/mol. The van der Waals surface area contributed by atoms with Crippen molar-refractivity contribution in [1.82, 2.24) is 9.97 Å². The number of aromatic amines is 1. The smallest absolute Gasteiger partial charge is 0.167 e. The summed E-state index contributed by atoms with van der Waals surface area (Å²) in [6.07, 6.45) is 10.5. The summed E-state index contributed by atoms with van der Waals surface area (Å²) in [4.78, 5) is 18.7. The second-order valence-corrected chi connectivity index (χ2v) is 8.22. The van der Waals surface area contributed by atoms with Crippen LogP contribution < -0.4 is 0 Å². The van der Waals surface area contributed by atoms with E-state index in [4.69, 9.17) is 0 Å². The van der Waals surface area contributed by atoms with Crippen LogP contribution in [0.1, 0.15) is 68.7 Å². The van der Waals surface area contributed by atoms with Gasteiger partial charge in [0.2, 0.25) is 0 Å². The highest BCUT2D eigenvalue weighted by molar-refractivity contribution is 5.71. The number of imidazole rings is 1. The molecule has 0 radical (unpaired) electrons. The first-order valence-corrected chi connectivity index (χ1v) is 7.45. The fourth-order valence-corrected chi connectivity index (χ4v) is 6.38. The zero-order valence-corrected chi connectivity index (χ0v) is 11.8. The molecule has 0 amide bonds. The maximum absolute atomic E-state index is 10.9. The third-order valence-corrected chi connectivity index (χ3v) is 5.85. The van der Waals surface area contributed by atoms with Crippen molar-refractivity contribution in [2.45, 2.75) is 57.8 Å². The van der Waals surface area contributed by atoms with Crippen LogP contribution in [0.2, 0.25) is 0 Å². The molecular weight excluding hydrogens is 236 g/mol. The third-order valence-electron chi connectivity index (χ3n) is 5.85. The number of H-pyrrole nitrogens is 1. The van der Waals surface area contributed by atoms with Crippen LogP contribution in [0.3, 0.4) is 0 Å². The molecule has 1 aromatic heterocycles. The molecule has 102 valence electrons. The van der Waals surface area contributed by atoms with Gasteiger partial charge in [0.05, 0.1) is 11.9 Å². The molecule has 4 fully saturated rings. The molecule has 2 unspecified atom stereocenters. The van der Waals surface area contributed by atoms with Gasteiger partial charge in [-0.05, 0) is 55.3 Å². The zero-order valence-electron chi connectivity index (χ0n) is 11.8. The Morgan fingerprint density at radius 2 is 1.89 bits per heavy atom. The number of nitrogens with zero attached hydrogens (tertiary/aromatic N) is 1. The highest BCUT2D eigenvalue weighted by atomic mass is 16.1. The molecule has 4 saturated carbocycles. The van der Waals surface area contributed by atoms with Crippen LogP contribution in [0.25, 0.3) is 0 Å². The van der Waals surface area contributed by atoms with E-state index in [1.54, 1.807) is 6.20 Å². The van der Waals surface area contributed by atoms with Crippen LogP contribution in [-0.2, 0) is 5.41 Å². The van der Waals surface area contributed by atoms with Gasteiger partial charge >= 0.3 is 0 Å². The van der Waals surface area contributed by atoms with Gasteiger partial charge in [0.25, 0.3) is 0 Å². The molecule has 4 bridgehead atoms. The van der Waals surface area contributed by atoms with Gasteiger partial charge < -0.3 is 4.98 Å². The van der Waals surface area contributed by atoms with Crippen LogP contribution in [0.5, 0.6) is 0 Å². The number of carbonyl (C=O) groups excluding carboxylic acids is 1. The summed E-state index contributed by atoms with van der Waals surface area (Å²) < 4.78 is 0. The molecule has 5 rings (SSSR count). The molecule has 4 aliphatic carbocycles. The lowest BCUT2D eigenvalue weighted by Crippen LogP contribution is -2.57. The highest BCUT2D eigenvalue weighted by Gasteiger charge is 2.61. The molecule has 0 aliphatic heterocycles. The summed E-state index contributed by atoms with van der Waals surface area (Å²) >= 11 is 0. The molecule has 1 aromatic rings. The second kappa shape index (κ2) is 3.31. The monoisotopic (exact) mass is 258 g/mol. The number of aromatic nitrogens is 2. The van der Waals surface area contributed by atoms with E-state index < -0.39 is 0 Å². The van der Waals surface area contributed by atoms with E-state index in [1.807, 2.05) is 0 Å². The largest absolute Gasteiger partial charge is 0.339 e. The number of nitrogens with one attached hydrogen (secondary N) is 1. The molecule has 3 heteroatoms. The van der Waals surface area contributed by atoms with E-state index in [0.717, 1.165) is 18.0 Å². The Balaban J connectivity index is 1.80. The van der Waals surface area contributed by atoms with Crippen molar-refractivity contribution in [1.29, 1.82) is 0 Å². The van der Waals surface area contributed by atoms with Gasteiger partial charge in [-0.15, -0.1) is 0 Å². The van der Waals surface area contributed by atoms with Crippen LogP contribution in [0.15, 0.2) is 6.20 Å². The fraction of sp³-hybridized carbons (Fsp3) is 0.750. The number of aldehydes is 1. The van der Waals surface area contributed by atoms with Crippen LogP contribution in [-0.4, -0.2) is 16.3 Å². The van der Waals surface area contributed by atoms with Crippen molar-refractivity contribution in [2.75, 3.05) is 0 Å². The molecular formula is C16H22N2O. The summed E-state index contributed by atoms with van der Waals surface area (Å²) in [5.74, 6) is 1.94. The molecule has 0 aromatic carbocycles. The summed E-state index contributed by atoms with van der Waals surface area (Å²) in [6, 6.07) is 0. The molecule has 4 aliphatic rings. The van der Waals surface area contributed by atoms with Gasteiger partial charge in [-0.25, -0.2) is 4.98 Å².